The summed E-state index contributed by atoms with van der Waals surface area (Å²) in [5, 5.41) is 0.168. The fourth-order valence-electron chi connectivity index (χ4n) is 0.840. The van der Waals surface area contributed by atoms with Gasteiger partial charge in [-0.3, -0.25) is 4.79 Å². The molecule has 68 valence electrons. The van der Waals surface area contributed by atoms with Gasteiger partial charge in [-0.15, -0.1) is 11.6 Å². The van der Waals surface area contributed by atoms with Crippen LogP contribution in [0, 0.1) is 0 Å². The van der Waals surface area contributed by atoms with Crippen molar-refractivity contribution in [3.05, 3.63) is 40.9 Å². The number of carbonyl (C=O) groups is 1. The molecule has 0 spiro atoms. The van der Waals surface area contributed by atoms with E-state index in [1.165, 1.54) is 0 Å². The Kier molecular flexibility index (Phi) is 4.00. The molecule has 0 unspecified atom stereocenters. The number of hydrogen-bond donors (Lipinski definition) is 0. The summed E-state index contributed by atoms with van der Waals surface area (Å²) in [6, 6.07) is 9.38. The average molecular weight is 215 g/mol. The maximum Gasteiger partial charge on any atom is 0.188 e. The Bertz CT molecular complexity index is 317. The van der Waals surface area contributed by atoms with Crippen LogP contribution in [0.4, 0.5) is 0 Å². The van der Waals surface area contributed by atoms with Crippen LogP contribution in [0.15, 0.2) is 35.4 Å². The summed E-state index contributed by atoms with van der Waals surface area (Å²) in [7, 11) is 0. The van der Waals surface area contributed by atoms with Crippen molar-refractivity contribution < 1.29 is 4.79 Å². The van der Waals surface area contributed by atoms with Gasteiger partial charge in [-0.25, -0.2) is 0 Å². The number of benzene rings is 1. The van der Waals surface area contributed by atoms with Crippen molar-refractivity contribution >= 4 is 35.1 Å². The maximum absolute atomic E-state index is 11.0. The van der Waals surface area contributed by atoms with Gasteiger partial charge in [0.25, 0.3) is 0 Å². The van der Waals surface area contributed by atoms with Crippen LogP contribution in [0.3, 0.4) is 0 Å². The van der Waals surface area contributed by atoms with Crippen molar-refractivity contribution in [3.63, 3.8) is 0 Å². The van der Waals surface area contributed by atoms with E-state index in [1.54, 1.807) is 6.08 Å². The number of hydrogen-bond acceptors (Lipinski definition) is 1. The number of halogens is 2. The molecule has 0 saturated carbocycles. The third kappa shape index (κ3) is 3.21. The molecule has 1 rings (SSSR count). The molecule has 0 aliphatic carbocycles. The minimum absolute atomic E-state index is 0.0812. The SMILES string of the molecule is O=C(CCl)C(Cl)=Cc1ccccc1. The first-order valence-electron chi connectivity index (χ1n) is 3.75. The standard InChI is InChI=1S/C10H8Cl2O/c11-7-10(13)9(12)6-8-4-2-1-3-5-8/h1-6H,7H2. The van der Waals surface area contributed by atoms with E-state index < -0.39 is 0 Å². The van der Waals surface area contributed by atoms with Gasteiger partial charge in [0.1, 0.15) is 0 Å². The van der Waals surface area contributed by atoms with Crippen LogP contribution < -0.4 is 0 Å². The summed E-state index contributed by atoms with van der Waals surface area (Å²) < 4.78 is 0. The Labute approximate surface area is 87.0 Å². The molecule has 0 aliphatic heterocycles. The maximum atomic E-state index is 11.0. The molecule has 1 nitrogen and oxygen atoms in total. The minimum atomic E-state index is -0.257. The zero-order valence-corrected chi connectivity index (χ0v) is 8.35. The van der Waals surface area contributed by atoms with E-state index >= 15 is 0 Å². The molecule has 0 aliphatic rings. The number of ketones is 1. The number of Topliss-reactive ketones (excluding diaryl/α,β-unsaturated/α-hetero) is 1. The molecular weight excluding hydrogens is 207 g/mol. The third-order valence-electron chi connectivity index (χ3n) is 1.48. The lowest BCUT2D eigenvalue weighted by molar-refractivity contribution is -0.112. The van der Waals surface area contributed by atoms with Crippen LogP contribution in [-0.2, 0) is 4.79 Å². The molecule has 1 aromatic rings. The van der Waals surface area contributed by atoms with Crippen molar-refractivity contribution in [1.29, 1.82) is 0 Å². The van der Waals surface area contributed by atoms with Crippen molar-refractivity contribution in [2.24, 2.45) is 0 Å². The Morgan fingerprint density at radius 2 is 1.92 bits per heavy atom. The Hall–Kier alpha value is -0.790. The Morgan fingerprint density at radius 3 is 2.46 bits per heavy atom. The zero-order chi connectivity index (χ0) is 9.68. The quantitative estimate of drug-likeness (QED) is 0.559. The van der Waals surface area contributed by atoms with Crippen molar-refractivity contribution in [3.8, 4) is 0 Å². The molecule has 13 heavy (non-hydrogen) atoms. The van der Waals surface area contributed by atoms with E-state index in [2.05, 4.69) is 0 Å². The van der Waals surface area contributed by atoms with Gasteiger partial charge >= 0.3 is 0 Å². The van der Waals surface area contributed by atoms with Gasteiger partial charge in [-0.2, -0.15) is 0 Å². The van der Waals surface area contributed by atoms with Gasteiger partial charge in [-0.05, 0) is 11.6 Å². The number of alkyl halides is 1. The molecule has 0 fully saturated rings. The van der Waals surface area contributed by atoms with Crippen LogP contribution in [0.1, 0.15) is 5.56 Å². The normalized spacial score (nSPS) is 11.4. The van der Waals surface area contributed by atoms with Crippen molar-refractivity contribution in [2.75, 3.05) is 5.88 Å². The highest BCUT2D eigenvalue weighted by molar-refractivity contribution is 6.48. The molecule has 0 N–H and O–H groups in total. The highest BCUT2D eigenvalue weighted by Gasteiger charge is 2.03. The molecule has 0 radical (unpaired) electrons. The van der Waals surface area contributed by atoms with Crippen LogP contribution in [0.5, 0.6) is 0 Å². The highest BCUT2D eigenvalue weighted by atomic mass is 35.5. The van der Waals surface area contributed by atoms with Gasteiger partial charge in [0.15, 0.2) is 5.78 Å². The van der Waals surface area contributed by atoms with Crippen LogP contribution >= 0.6 is 23.2 Å². The second-order valence-corrected chi connectivity index (χ2v) is 3.13. The van der Waals surface area contributed by atoms with E-state index in [0.717, 1.165) is 5.56 Å². The average Bonchev–Trinajstić information content (AvgIpc) is 2.18. The minimum Gasteiger partial charge on any atom is -0.292 e. The smallest absolute Gasteiger partial charge is 0.188 e. The lowest BCUT2D eigenvalue weighted by Crippen LogP contribution is -1.97. The predicted octanol–water partition coefficient (Wildman–Crippen LogP) is 3.07. The van der Waals surface area contributed by atoms with Crippen molar-refractivity contribution in [2.45, 2.75) is 0 Å². The lowest BCUT2D eigenvalue weighted by atomic mass is 10.2. The Morgan fingerprint density at radius 1 is 1.31 bits per heavy atom. The van der Waals surface area contributed by atoms with E-state index in [9.17, 15) is 4.79 Å². The lowest BCUT2D eigenvalue weighted by Gasteiger charge is -1.94. The van der Waals surface area contributed by atoms with E-state index in [-0.39, 0.29) is 16.7 Å². The van der Waals surface area contributed by atoms with Gasteiger partial charge in [0, 0.05) is 0 Å². The van der Waals surface area contributed by atoms with E-state index in [1.807, 2.05) is 30.3 Å². The summed E-state index contributed by atoms with van der Waals surface area (Å²) in [5.41, 5.74) is 0.894. The second-order valence-electron chi connectivity index (χ2n) is 2.46. The summed E-state index contributed by atoms with van der Waals surface area (Å²) >= 11 is 11.0. The van der Waals surface area contributed by atoms with Gasteiger partial charge in [-0.1, -0.05) is 41.9 Å². The second kappa shape index (κ2) is 5.05. The van der Waals surface area contributed by atoms with Crippen LogP contribution in [-0.4, -0.2) is 11.7 Å². The highest BCUT2D eigenvalue weighted by Crippen LogP contribution is 2.11. The van der Waals surface area contributed by atoms with Gasteiger partial charge < -0.3 is 0 Å². The first-order chi connectivity index (χ1) is 6.24. The summed E-state index contributed by atoms with van der Waals surface area (Å²) in [6.07, 6.45) is 1.60. The number of carbonyl (C=O) groups excluding carboxylic acids is 1. The summed E-state index contributed by atoms with van der Waals surface area (Å²) in [5.74, 6) is -0.338. The molecule has 1 aromatic carbocycles. The van der Waals surface area contributed by atoms with Gasteiger partial charge in [0.05, 0.1) is 10.9 Å². The van der Waals surface area contributed by atoms with E-state index in [0.29, 0.717) is 0 Å². The molecule has 0 aromatic heterocycles. The van der Waals surface area contributed by atoms with Crippen molar-refractivity contribution in [1.82, 2.24) is 0 Å². The van der Waals surface area contributed by atoms with E-state index in [4.69, 9.17) is 23.2 Å². The van der Waals surface area contributed by atoms with Crippen LogP contribution in [0.25, 0.3) is 6.08 Å². The molecule has 0 amide bonds. The molecule has 0 atom stereocenters. The topological polar surface area (TPSA) is 17.1 Å². The first kappa shape index (κ1) is 10.3. The fourth-order valence-corrected chi connectivity index (χ4v) is 1.25. The first-order valence-corrected chi connectivity index (χ1v) is 4.66. The number of allylic oxidation sites excluding steroid dienone is 1. The number of rotatable bonds is 3. The zero-order valence-electron chi connectivity index (χ0n) is 6.84. The Balaban J connectivity index is 2.83. The largest absolute Gasteiger partial charge is 0.292 e. The molecule has 0 bridgehead atoms. The van der Waals surface area contributed by atoms with Gasteiger partial charge in [0.2, 0.25) is 0 Å². The predicted molar refractivity (Wildman–Crippen MR) is 56.0 cm³/mol. The molecule has 0 heterocycles. The molecular formula is C10H8Cl2O. The third-order valence-corrected chi connectivity index (χ3v) is 2.04. The summed E-state index contributed by atoms with van der Waals surface area (Å²) in [4.78, 5) is 11.0. The monoisotopic (exact) mass is 214 g/mol. The fraction of sp³-hybridized carbons (Fsp3) is 0.100. The van der Waals surface area contributed by atoms with Crippen LogP contribution in [0.2, 0.25) is 0 Å². The molecule has 0 saturated heterocycles. The summed E-state index contributed by atoms with van der Waals surface area (Å²) in [6.45, 7) is 0. The molecule has 3 heteroatoms.